The summed E-state index contributed by atoms with van der Waals surface area (Å²) in [5, 5.41) is 0. The highest BCUT2D eigenvalue weighted by atomic mass is 79.9. The normalized spacial score (nSPS) is 10.4. The van der Waals surface area contributed by atoms with E-state index in [1.807, 2.05) is 43.3 Å². The molecule has 2 rings (SSSR count). The number of halogens is 2. The first kappa shape index (κ1) is 15.3. The van der Waals surface area contributed by atoms with E-state index in [2.05, 4.69) is 31.9 Å². The number of carbonyl (C=O) groups is 1. The lowest BCUT2D eigenvalue weighted by Crippen LogP contribution is -2.06. The molecular weight excluding hydrogens is 384 g/mol. The highest BCUT2D eigenvalue weighted by molar-refractivity contribution is 9.11. The molecule has 0 aromatic heterocycles. The Kier molecular flexibility index (Phi) is 5.00. The molecule has 0 aliphatic carbocycles. The Morgan fingerprint density at radius 2 is 1.90 bits per heavy atom. The molecule has 0 aliphatic heterocycles. The van der Waals surface area contributed by atoms with Gasteiger partial charge >= 0.3 is 0 Å². The van der Waals surface area contributed by atoms with Crippen molar-refractivity contribution in [3.8, 4) is 5.75 Å². The van der Waals surface area contributed by atoms with Gasteiger partial charge in [0.2, 0.25) is 0 Å². The van der Waals surface area contributed by atoms with Crippen LogP contribution in [0, 0.1) is 6.92 Å². The van der Waals surface area contributed by atoms with E-state index < -0.39 is 0 Å². The van der Waals surface area contributed by atoms with Gasteiger partial charge in [-0.1, -0.05) is 49.6 Å². The van der Waals surface area contributed by atoms with Gasteiger partial charge in [0.15, 0.2) is 5.78 Å². The van der Waals surface area contributed by atoms with E-state index >= 15 is 0 Å². The number of carbonyl (C=O) groups excluding carboxylic acids is 1. The number of hydrogen-bond donors (Lipinski definition) is 0. The fourth-order valence-electron chi connectivity index (χ4n) is 2.03. The second-order valence-corrected chi connectivity index (χ2v) is 6.31. The van der Waals surface area contributed by atoms with Gasteiger partial charge in [0.1, 0.15) is 5.75 Å². The number of methoxy groups -OCH3 is 1. The second-order valence-electron chi connectivity index (χ2n) is 4.54. The van der Waals surface area contributed by atoms with Crippen molar-refractivity contribution in [1.82, 2.24) is 0 Å². The summed E-state index contributed by atoms with van der Waals surface area (Å²) in [5.41, 5.74) is 2.70. The molecule has 0 aliphatic rings. The van der Waals surface area contributed by atoms with Crippen molar-refractivity contribution in [2.75, 3.05) is 7.11 Å². The average molecular weight is 398 g/mol. The van der Waals surface area contributed by atoms with Crippen LogP contribution < -0.4 is 4.74 Å². The molecule has 0 saturated carbocycles. The van der Waals surface area contributed by atoms with Crippen molar-refractivity contribution in [1.29, 1.82) is 0 Å². The zero-order chi connectivity index (χ0) is 14.7. The summed E-state index contributed by atoms with van der Waals surface area (Å²) in [6.45, 7) is 2.00. The Bertz CT molecular complexity index is 651. The summed E-state index contributed by atoms with van der Waals surface area (Å²) in [6.07, 6.45) is 0.324. The lowest BCUT2D eigenvalue weighted by atomic mass is 10.0. The molecule has 0 saturated heterocycles. The van der Waals surface area contributed by atoms with E-state index in [9.17, 15) is 4.79 Å². The highest BCUT2D eigenvalue weighted by Gasteiger charge is 2.14. The topological polar surface area (TPSA) is 26.3 Å². The van der Waals surface area contributed by atoms with Crippen LogP contribution in [0.25, 0.3) is 0 Å². The van der Waals surface area contributed by atoms with Gasteiger partial charge in [-0.25, -0.2) is 0 Å². The Morgan fingerprint density at radius 3 is 2.55 bits per heavy atom. The molecule has 0 atom stereocenters. The number of aryl methyl sites for hydroxylation is 1. The largest absolute Gasteiger partial charge is 0.496 e. The van der Waals surface area contributed by atoms with Gasteiger partial charge < -0.3 is 4.74 Å². The van der Waals surface area contributed by atoms with Crippen LogP contribution in [0.1, 0.15) is 21.5 Å². The molecule has 0 amide bonds. The number of benzene rings is 2. The number of hydrogen-bond acceptors (Lipinski definition) is 2. The number of rotatable bonds is 4. The van der Waals surface area contributed by atoms with Crippen molar-refractivity contribution < 1.29 is 9.53 Å². The Labute approximate surface area is 135 Å². The summed E-state index contributed by atoms with van der Waals surface area (Å²) < 4.78 is 7.05. The molecule has 0 bridgehead atoms. The number of ketones is 1. The minimum atomic E-state index is 0.0632. The molecular formula is C16H14Br2O2. The molecule has 2 aromatic rings. The first-order valence-corrected chi connectivity index (χ1v) is 7.71. The van der Waals surface area contributed by atoms with Gasteiger partial charge in [0.25, 0.3) is 0 Å². The molecule has 0 N–H and O–H groups in total. The fraction of sp³-hybridized carbons (Fsp3) is 0.188. The van der Waals surface area contributed by atoms with E-state index in [1.165, 1.54) is 0 Å². The first-order valence-electron chi connectivity index (χ1n) is 6.13. The maximum atomic E-state index is 12.4. The summed E-state index contributed by atoms with van der Waals surface area (Å²) in [6, 6.07) is 11.4. The monoisotopic (exact) mass is 396 g/mol. The van der Waals surface area contributed by atoms with Crippen molar-refractivity contribution in [2.45, 2.75) is 13.3 Å². The van der Waals surface area contributed by atoms with Crippen molar-refractivity contribution in [2.24, 2.45) is 0 Å². The maximum absolute atomic E-state index is 12.4. The molecule has 2 aromatic carbocycles. The van der Waals surface area contributed by atoms with E-state index in [1.54, 1.807) is 7.11 Å². The second kappa shape index (κ2) is 6.55. The third kappa shape index (κ3) is 3.49. The van der Waals surface area contributed by atoms with Crippen LogP contribution in [0.5, 0.6) is 5.75 Å². The summed E-state index contributed by atoms with van der Waals surface area (Å²) in [7, 11) is 1.62. The minimum absolute atomic E-state index is 0.0632. The van der Waals surface area contributed by atoms with E-state index in [4.69, 9.17) is 4.74 Å². The maximum Gasteiger partial charge on any atom is 0.168 e. The Hall–Kier alpha value is -1.13. The zero-order valence-electron chi connectivity index (χ0n) is 11.2. The van der Waals surface area contributed by atoms with E-state index in [0.717, 1.165) is 25.8 Å². The number of Topliss-reactive ketones (excluding diaryl/α,β-unsaturated/α-hetero) is 1. The van der Waals surface area contributed by atoms with Crippen LogP contribution >= 0.6 is 31.9 Å². The molecule has 0 unspecified atom stereocenters. The van der Waals surface area contributed by atoms with Gasteiger partial charge in [0.05, 0.1) is 7.11 Å². The molecule has 4 heteroatoms. The third-order valence-corrected chi connectivity index (χ3v) is 4.17. The average Bonchev–Trinajstić information content (AvgIpc) is 2.38. The molecule has 0 fully saturated rings. The van der Waals surface area contributed by atoms with Crippen molar-refractivity contribution >= 4 is 37.6 Å². The predicted octanol–water partition coefficient (Wildman–Crippen LogP) is 4.95. The van der Waals surface area contributed by atoms with E-state index in [0.29, 0.717) is 12.0 Å². The highest BCUT2D eigenvalue weighted by Crippen LogP contribution is 2.26. The van der Waals surface area contributed by atoms with Crippen molar-refractivity contribution in [3.05, 3.63) is 62.0 Å². The third-order valence-electron chi connectivity index (χ3n) is 3.02. The van der Waals surface area contributed by atoms with Crippen LogP contribution in [-0.2, 0) is 6.42 Å². The fourth-order valence-corrected chi connectivity index (χ4v) is 3.30. The first-order chi connectivity index (χ1) is 9.51. The van der Waals surface area contributed by atoms with Crippen LogP contribution in [-0.4, -0.2) is 12.9 Å². The lowest BCUT2D eigenvalue weighted by molar-refractivity contribution is 0.0991. The minimum Gasteiger partial charge on any atom is -0.496 e. The Balaban J connectivity index is 2.30. The SMILES string of the molecule is COc1ccc(C)cc1CC(=O)c1ccc(Br)cc1Br. The number of ether oxygens (including phenoxy) is 1. The van der Waals surface area contributed by atoms with Crippen LogP contribution in [0.3, 0.4) is 0 Å². The molecule has 0 heterocycles. The molecule has 20 heavy (non-hydrogen) atoms. The summed E-state index contributed by atoms with van der Waals surface area (Å²) in [5.74, 6) is 0.811. The van der Waals surface area contributed by atoms with Crippen LogP contribution in [0.2, 0.25) is 0 Å². The zero-order valence-corrected chi connectivity index (χ0v) is 14.4. The van der Waals surface area contributed by atoms with Gasteiger partial charge in [-0.05, 0) is 31.2 Å². The van der Waals surface area contributed by atoms with Gasteiger partial charge in [-0.3, -0.25) is 4.79 Å². The lowest BCUT2D eigenvalue weighted by Gasteiger charge is -2.10. The smallest absolute Gasteiger partial charge is 0.168 e. The van der Waals surface area contributed by atoms with Crippen molar-refractivity contribution in [3.63, 3.8) is 0 Å². The molecule has 2 nitrogen and oxygen atoms in total. The Morgan fingerprint density at radius 1 is 1.15 bits per heavy atom. The van der Waals surface area contributed by atoms with Crippen LogP contribution in [0.4, 0.5) is 0 Å². The summed E-state index contributed by atoms with van der Waals surface area (Å²) >= 11 is 6.81. The molecule has 104 valence electrons. The van der Waals surface area contributed by atoms with Gasteiger partial charge in [-0.2, -0.15) is 0 Å². The summed E-state index contributed by atoms with van der Waals surface area (Å²) in [4.78, 5) is 12.4. The predicted molar refractivity (Wildman–Crippen MR) is 87.6 cm³/mol. The van der Waals surface area contributed by atoms with Crippen LogP contribution in [0.15, 0.2) is 45.3 Å². The standard InChI is InChI=1S/C16H14Br2O2/c1-10-3-6-16(20-2)11(7-10)8-15(19)13-5-4-12(17)9-14(13)18/h3-7,9H,8H2,1-2H3. The van der Waals surface area contributed by atoms with Gasteiger partial charge in [-0.15, -0.1) is 0 Å². The molecule has 0 radical (unpaired) electrons. The molecule has 0 spiro atoms. The van der Waals surface area contributed by atoms with Gasteiger partial charge in [0, 0.05) is 26.5 Å². The van der Waals surface area contributed by atoms with E-state index in [-0.39, 0.29) is 5.78 Å². The quantitative estimate of drug-likeness (QED) is 0.682.